The van der Waals surface area contributed by atoms with Crippen molar-refractivity contribution in [1.82, 2.24) is 0 Å². The first-order chi connectivity index (χ1) is 10.3. The van der Waals surface area contributed by atoms with Gasteiger partial charge in [-0.15, -0.1) is 23.5 Å². The lowest BCUT2D eigenvalue weighted by atomic mass is 10.0. The molecule has 115 valence electrons. The van der Waals surface area contributed by atoms with E-state index in [0.717, 1.165) is 9.79 Å². The summed E-state index contributed by atoms with van der Waals surface area (Å²) in [4.78, 5) is 1.98. The van der Waals surface area contributed by atoms with Gasteiger partial charge in [-0.05, 0) is 37.8 Å². The molecule has 0 spiro atoms. The van der Waals surface area contributed by atoms with Crippen LogP contribution in [0.1, 0.15) is 64.2 Å². The van der Waals surface area contributed by atoms with E-state index < -0.39 is 0 Å². The highest BCUT2D eigenvalue weighted by atomic mass is 32.2. The van der Waals surface area contributed by atoms with Gasteiger partial charge in [0.1, 0.15) is 0 Å². The third kappa shape index (κ3) is 4.35. The second-order valence-electron chi connectivity index (χ2n) is 6.34. The van der Waals surface area contributed by atoms with Gasteiger partial charge in [0, 0.05) is 10.5 Å². The van der Waals surface area contributed by atoms with Crippen LogP contribution in [0.4, 0.5) is 0 Å². The Balaban J connectivity index is 1.65. The van der Waals surface area contributed by atoms with Gasteiger partial charge in [-0.1, -0.05) is 44.6 Å². The molecule has 0 heterocycles. The van der Waals surface area contributed by atoms with Gasteiger partial charge >= 0.3 is 0 Å². The van der Waals surface area contributed by atoms with Crippen LogP contribution in [-0.4, -0.2) is 10.5 Å². The first-order valence-electron chi connectivity index (χ1n) is 8.46. The maximum absolute atomic E-state index is 12.7. The largest absolute Gasteiger partial charge is 0.287 e. The standard InChI is InChI=1S/C18H25OS2/c19-18-16(20-14-8-3-1-4-9-14)12-7-13-17(18)21-15-10-5-2-6-11-15/h7,12-15H,1-6,8-11H2. The molecule has 2 aliphatic rings. The molecule has 0 N–H and O–H groups in total. The Morgan fingerprint density at radius 3 is 1.57 bits per heavy atom. The summed E-state index contributed by atoms with van der Waals surface area (Å²) in [5.74, 6) is 0.295. The van der Waals surface area contributed by atoms with Crippen molar-refractivity contribution in [2.45, 2.75) is 84.5 Å². The van der Waals surface area contributed by atoms with Crippen LogP contribution in [0.15, 0.2) is 28.0 Å². The molecule has 0 atom stereocenters. The van der Waals surface area contributed by atoms with Crippen LogP contribution >= 0.6 is 23.5 Å². The molecule has 3 rings (SSSR count). The van der Waals surface area contributed by atoms with Crippen LogP contribution < -0.4 is 0 Å². The maximum atomic E-state index is 12.7. The summed E-state index contributed by atoms with van der Waals surface area (Å²) in [6, 6.07) is 6.15. The van der Waals surface area contributed by atoms with E-state index in [1.54, 1.807) is 0 Å². The Kier molecular flexibility index (Phi) is 5.82. The Morgan fingerprint density at radius 1 is 0.714 bits per heavy atom. The van der Waals surface area contributed by atoms with E-state index in [0.29, 0.717) is 16.2 Å². The molecule has 0 saturated heterocycles. The van der Waals surface area contributed by atoms with E-state index in [2.05, 4.69) is 6.07 Å². The van der Waals surface area contributed by atoms with Crippen molar-refractivity contribution in [3.05, 3.63) is 18.2 Å². The normalized spacial score (nSPS) is 21.5. The average molecular weight is 322 g/mol. The van der Waals surface area contributed by atoms with Gasteiger partial charge in [0.25, 0.3) is 0 Å². The average Bonchev–Trinajstić information content (AvgIpc) is 2.53. The van der Waals surface area contributed by atoms with Crippen LogP contribution in [0.5, 0.6) is 5.75 Å². The summed E-state index contributed by atoms with van der Waals surface area (Å²) in [5.41, 5.74) is 0. The zero-order chi connectivity index (χ0) is 14.5. The molecule has 2 saturated carbocycles. The minimum absolute atomic E-state index is 0.295. The van der Waals surface area contributed by atoms with Gasteiger partial charge in [0.15, 0.2) is 0 Å². The van der Waals surface area contributed by atoms with Gasteiger partial charge in [0.2, 0.25) is 5.75 Å². The molecule has 1 aromatic rings. The van der Waals surface area contributed by atoms with Crippen molar-refractivity contribution >= 4 is 23.5 Å². The van der Waals surface area contributed by atoms with Crippen LogP contribution in [-0.2, 0) is 5.11 Å². The highest BCUT2D eigenvalue weighted by Crippen LogP contribution is 2.44. The summed E-state index contributed by atoms with van der Waals surface area (Å²) in [7, 11) is 0. The number of rotatable bonds is 4. The van der Waals surface area contributed by atoms with Crippen molar-refractivity contribution in [2.24, 2.45) is 0 Å². The third-order valence-corrected chi connectivity index (χ3v) is 7.39. The summed E-state index contributed by atoms with van der Waals surface area (Å²) in [6.07, 6.45) is 13.2. The predicted molar refractivity (Wildman–Crippen MR) is 92.0 cm³/mol. The molecular weight excluding hydrogens is 296 g/mol. The van der Waals surface area contributed by atoms with Gasteiger partial charge in [-0.2, -0.15) is 0 Å². The molecule has 1 radical (unpaired) electrons. The van der Waals surface area contributed by atoms with Gasteiger partial charge in [0.05, 0.1) is 9.79 Å². The minimum atomic E-state index is 0.295. The van der Waals surface area contributed by atoms with Crippen molar-refractivity contribution in [1.29, 1.82) is 0 Å². The van der Waals surface area contributed by atoms with Crippen LogP contribution in [0.25, 0.3) is 0 Å². The SMILES string of the molecule is [O]c1c(SC2CCCCC2)cccc1SC1CCCCC1. The van der Waals surface area contributed by atoms with Crippen LogP contribution in [0, 0.1) is 0 Å². The first kappa shape index (κ1) is 15.6. The Hall–Kier alpha value is -0.280. The lowest BCUT2D eigenvalue weighted by molar-refractivity contribution is 0.333. The van der Waals surface area contributed by atoms with Gasteiger partial charge in [-0.3, -0.25) is 5.11 Å². The fraction of sp³-hybridized carbons (Fsp3) is 0.667. The summed E-state index contributed by atoms with van der Waals surface area (Å²) < 4.78 is 0. The zero-order valence-corrected chi connectivity index (χ0v) is 14.3. The van der Waals surface area contributed by atoms with Crippen LogP contribution in [0.2, 0.25) is 0 Å². The maximum Gasteiger partial charge on any atom is 0.205 e. The highest BCUT2D eigenvalue weighted by Gasteiger charge is 2.21. The zero-order valence-electron chi connectivity index (χ0n) is 12.7. The van der Waals surface area contributed by atoms with Crippen molar-refractivity contribution in [3.8, 4) is 5.75 Å². The Morgan fingerprint density at radius 2 is 1.14 bits per heavy atom. The van der Waals surface area contributed by atoms with Crippen molar-refractivity contribution in [2.75, 3.05) is 0 Å². The number of benzene rings is 1. The molecule has 0 bridgehead atoms. The fourth-order valence-corrected chi connectivity index (χ4v) is 6.08. The molecule has 2 aliphatic carbocycles. The number of thioether (sulfide) groups is 2. The van der Waals surface area contributed by atoms with Crippen molar-refractivity contribution in [3.63, 3.8) is 0 Å². The minimum Gasteiger partial charge on any atom is -0.287 e. The van der Waals surface area contributed by atoms with E-state index >= 15 is 0 Å². The molecule has 2 fully saturated rings. The second-order valence-corrected chi connectivity index (χ2v) is 9.02. The highest BCUT2D eigenvalue weighted by molar-refractivity contribution is 8.00. The lowest BCUT2D eigenvalue weighted by Crippen LogP contribution is -2.08. The quantitative estimate of drug-likeness (QED) is 0.616. The van der Waals surface area contributed by atoms with E-state index in [1.807, 2.05) is 35.7 Å². The first-order valence-corrected chi connectivity index (χ1v) is 10.2. The molecule has 0 amide bonds. The molecule has 0 unspecified atom stereocenters. The number of hydrogen-bond acceptors (Lipinski definition) is 2. The lowest BCUT2D eigenvalue weighted by Gasteiger charge is -2.23. The van der Waals surface area contributed by atoms with Gasteiger partial charge in [-0.25, -0.2) is 0 Å². The third-order valence-electron chi connectivity index (χ3n) is 4.63. The monoisotopic (exact) mass is 321 g/mol. The molecule has 1 aromatic carbocycles. The molecule has 1 nitrogen and oxygen atoms in total. The molecule has 0 aromatic heterocycles. The van der Waals surface area contributed by atoms with Gasteiger partial charge < -0.3 is 0 Å². The molecule has 21 heavy (non-hydrogen) atoms. The Bertz CT molecular complexity index is 410. The van der Waals surface area contributed by atoms with Crippen molar-refractivity contribution < 1.29 is 5.11 Å². The van der Waals surface area contributed by atoms with Crippen LogP contribution in [0.3, 0.4) is 0 Å². The number of hydrogen-bond donors (Lipinski definition) is 0. The van der Waals surface area contributed by atoms with E-state index in [-0.39, 0.29) is 0 Å². The number of para-hydroxylation sites is 1. The summed E-state index contributed by atoms with van der Waals surface area (Å²) in [6.45, 7) is 0. The summed E-state index contributed by atoms with van der Waals surface area (Å²) >= 11 is 3.68. The van der Waals surface area contributed by atoms with E-state index in [4.69, 9.17) is 0 Å². The second kappa shape index (κ2) is 7.82. The molecule has 3 heteroatoms. The Labute approximate surface area is 137 Å². The predicted octanol–water partition coefficient (Wildman–Crippen LogP) is 6.68. The fourth-order valence-electron chi connectivity index (χ4n) is 3.41. The summed E-state index contributed by atoms with van der Waals surface area (Å²) in [5, 5.41) is 14.0. The smallest absolute Gasteiger partial charge is 0.205 e. The van der Waals surface area contributed by atoms with E-state index in [1.165, 1.54) is 64.2 Å². The topological polar surface area (TPSA) is 19.9 Å². The molecule has 0 aliphatic heterocycles. The molecular formula is C18H25OS2. The van der Waals surface area contributed by atoms with E-state index in [9.17, 15) is 5.11 Å².